The van der Waals surface area contributed by atoms with Gasteiger partial charge < -0.3 is 14.4 Å². The van der Waals surface area contributed by atoms with Crippen molar-refractivity contribution < 1.29 is 52.4 Å². The topological polar surface area (TPSA) is 86.7 Å². The van der Waals surface area contributed by atoms with Gasteiger partial charge in [-0.25, -0.2) is 8.42 Å². The van der Waals surface area contributed by atoms with Gasteiger partial charge in [-0.1, -0.05) is 77.6 Å². The molecule has 0 saturated heterocycles. The van der Waals surface area contributed by atoms with E-state index in [1.165, 1.54) is 57.8 Å². The maximum Gasteiger partial charge on any atom is 1.00 e. The molecule has 0 radical (unpaired) electrons. The molecule has 24 heavy (non-hydrogen) atoms. The van der Waals surface area contributed by atoms with Crippen LogP contribution in [0.2, 0.25) is 0 Å². The zero-order valence-corrected chi connectivity index (χ0v) is 18.5. The fourth-order valence-electron chi connectivity index (χ4n) is 2.57. The quantitative estimate of drug-likeness (QED) is 0.229. The number of hydrogen-bond acceptors (Lipinski definition) is 5. The van der Waals surface area contributed by atoms with Crippen LogP contribution in [0, 0.1) is 0 Å². The largest absolute Gasteiger partial charge is 1.00 e. The molecule has 5 nitrogen and oxygen atoms in total. The summed E-state index contributed by atoms with van der Waals surface area (Å²) < 4.78 is 37.0. The molecule has 0 aromatic carbocycles. The van der Waals surface area contributed by atoms with Crippen LogP contribution in [0.5, 0.6) is 0 Å². The van der Waals surface area contributed by atoms with Crippen molar-refractivity contribution in [3.8, 4) is 0 Å². The van der Waals surface area contributed by atoms with Crippen molar-refractivity contribution in [1.82, 2.24) is 0 Å². The molecule has 1 N–H and O–H groups in total. The predicted octanol–water partition coefficient (Wildman–Crippen LogP) is 0.614. The van der Waals surface area contributed by atoms with E-state index in [0.29, 0.717) is 6.61 Å². The SMILES string of the molecule is CCCCCCCCCCCCCCOC(CO)CS(=O)(=O)[O-].[Na+]. The van der Waals surface area contributed by atoms with Gasteiger partial charge in [-0.3, -0.25) is 0 Å². The molecular formula is C17H35NaO5S. The fraction of sp³-hybridized carbons (Fsp3) is 1.00. The Kier molecular flexibility index (Phi) is 21.0. The Bertz CT molecular complexity index is 349. The molecule has 0 aromatic heterocycles. The first-order chi connectivity index (χ1) is 11.0. The van der Waals surface area contributed by atoms with Gasteiger partial charge in [0.15, 0.2) is 0 Å². The van der Waals surface area contributed by atoms with E-state index >= 15 is 0 Å². The smallest absolute Gasteiger partial charge is 0.748 e. The number of rotatable bonds is 17. The third kappa shape index (κ3) is 20.9. The third-order valence-electron chi connectivity index (χ3n) is 3.95. The fourth-order valence-corrected chi connectivity index (χ4v) is 3.23. The minimum absolute atomic E-state index is 0. The molecule has 0 aliphatic heterocycles. The van der Waals surface area contributed by atoms with Crippen LogP contribution >= 0.6 is 0 Å². The van der Waals surface area contributed by atoms with E-state index < -0.39 is 28.6 Å². The second kappa shape index (κ2) is 18.6. The van der Waals surface area contributed by atoms with Gasteiger partial charge in [-0.15, -0.1) is 0 Å². The molecule has 7 heteroatoms. The summed E-state index contributed by atoms with van der Waals surface area (Å²) >= 11 is 0. The summed E-state index contributed by atoms with van der Waals surface area (Å²) in [5.74, 6) is -0.651. The van der Waals surface area contributed by atoms with Crippen LogP contribution in [0.1, 0.15) is 84.0 Å². The molecule has 0 aliphatic rings. The molecule has 0 aliphatic carbocycles. The average molecular weight is 375 g/mol. The van der Waals surface area contributed by atoms with Crippen molar-refractivity contribution in [3.63, 3.8) is 0 Å². The van der Waals surface area contributed by atoms with Crippen molar-refractivity contribution in [2.45, 2.75) is 90.1 Å². The minimum atomic E-state index is -4.34. The number of ether oxygens (including phenoxy) is 1. The first-order valence-corrected chi connectivity index (χ1v) is 10.7. The van der Waals surface area contributed by atoms with Crippen LogP contribution in [-0.4, -0.2) is 43.1 Å². The summed E-state index contributed by atoms with van der Waals surface area (Å²) in [4.78, 5) is 0. The van der Waals surface area contributed by atoms with E-state index in [0.717, 1.165) is 19.3 Å². The Labute approximate surface area is 171 Å². The number of aliphatic hydroxyl groups excluding tert-OH is 1. The Hall–Kier alpha value is 0.830. The summed E-state index contributed by atoms with van der Waals surface area (Å²) in [7, 11) is -4.34. The van der Waals surface area contributed by atoms with Crippen LogP contribution in [-0.2, 0) is 14.9 Å². The zero-order chi connectivity index (χ0) is 17.4. The van der Waals surface area contributed by atoms with Crippen molar-refractivity contribution >= 4 is 10.1 Å². The summed E-state index contributed by atoms with van der Waals surface area (Å²) in [6.07, 6.45) is 14.1. The molecule has 0 amide bonds. The van der Waals surface area contributed by atoms with E-state index in [4.69, 9.17) is 9.84 Å². The normalized spacial score (nSPS) is 12.8. The first kappa shape index (κ1) is 27.1. The second-order valence-corrected chi connectivity index (χ2v) is 7.74. The van der Waals surface area contributed by atoms with Gasteiger partial charge in [0, 0.05) is 6.61 Å². The summed E-state index contributed by atoms with van der Waals surface area (Å²) in [5.41, 5.74) is 0. The van der Waals surface area contributed by atoms with Crippen molar-refractivity contribution in [1.29, 1.82) is 0 Å². The molecule has 0 bridgehead atoms. The van der Waals surface area contributed by atoms with Crippen LogP contribution in [0.25, 0.3) is 0 Å². The Morgan fingerprint density at radius 2 is 1.29 bits per heavy atom. The van der Waals surface area contributed by atoms with Crippen molar-refractivity contribution in [2.24, 2.45) is 0 Å². The zero-order valence-electron chi connectivity index (χ0n) is 15.7. The van der Waals surface area contributed by atoms with Gasteiger partial charge >= 0.3 is 29.6 Å². The molecule has 1 unspecified atom stereocenters. The molecule has 0 aromatic rings. The van der Waals surface area contributed by atoms with E-state index in [1.807, 2.05) is 0 Å². The Morgan fingerprint density at radius 3 is 1.67 bits per heavy atom. The molecule has 0 fully saturated rings. The third-order valence-corrected chi connectivity index (χ3v) is 4.73. The summed E-state index contributed by atoms with van der Waals surface area (Å²) in [5, 5.41) is 8.95. The number of hydrogen-bond donors (Lipinski definition) is 1. The molecule has 0 heterocycles. The van der Waals surface area contributed by atoms with Gasteiger partial charge in [0.1, 0.15) is 0 Å². The Morgan fingerprint density at radius 1 is 0.875 bits per heavy atom. The Balaban J connectivity index is 0. The van der Waals surface area contributed by atoms with Gasteiger partial charge in [0.25, 0.3) is 0 Å². The van der Waals surface area contributed by atoms with Crippen molar-refractivity contribution in [2.75, 3.05) is 19.0 Å². The average Bonchev–Trinajstić information content (AvgIpc) is 2.49. The second-order valence-electron chi connectivity index (χ2n) is 6.29. The van der Waals surface area contributed by atoms with Crippen LogP contribution in [0.15, 0.2) is 0 Å². The summed E-state index contributed by atoms with van der Waals surface area (Å²) in [6.45, 7) is 2.21. The maximum atomic E-state index is 10.6. The summed E-state index contributed by atoms with van der Waals surface area (Å²) in [6, 6.07) is 0. The van der Waals surface area contributed by atoms with Crippen LogP contribution in [0.4, 0.5) is 0 Å². The van der Waals surface area contributed by atoms with Gasteiger partial charge in [0.2, 0.25) is 0 Å². The van der Waals surface area contributed by atoms with Crippen molar-refractivity contribution in [3.05, 3.63) is 0 Å². The monoisotopic (exact) mass is 374 g/mol. The molecule has 0 saturated carbocycles. The van der Waals surface area contributed by atoms with Gasteiger partial charge in [0.05, 0.1) is 28.6 Å². The number of aliphatic hydroxyl groups is 1. The standard InChI is InChI=1S/C17H36O5S.Na/c1-2-3-4-5-6-7-8-9-10-11-12-13-14-22-17(15-18)16-23(19,20)21;/h17-18H,2-16H2,1H3,(H,19,20,21);/q;+1/p-1. The van der Waals surface area contributed by atoms with E-state index in [2.05, 4.69) is 6.92 Å². The van der Waals surface area contributed by atoms with E-state index in [1.54, 1.807) is 0 Å². The van der Waals surface area contributed by atoms with E-state index in [-0.39, 0.29) is 29.6 Å². The van der Waals surface area contributed by atoms with E-state index in [9.17, 15) is 13.0 Å². The predicted molar refractivity (Wildman–Crippen MR) is 92.5 cm³/mol. The minimum Gasteiger partial charge on any atom is -0.748 e. The molecule has 0 spiro atoms. The number of unbranched alkanes of at least 4 members (excludes halogenated alkanes) is 11. The van der Waals surface area contributed by atoms with Gasteiger partial charge in [-0.05, 0) is 6.42 Å². The molecular weight excluding hydrogens is 339 g/mol. The molecule has 1 atom stereocenters. The molecule has 0 rings (SSSR count). The maximum absolute atomic E-state index is 10.6. The van der Waals surface area contributed by atoms with Gasteiger partial charge in [-0.2, -0.15) is 0 Å². The molecule has 140 valence electrons. The van der Waals surface area contributed by atoms with Crippen LogP contribution < -0.4 is 29.6 Å². The first-order valence-electron chi connectivity index (χ1n) is 9.15. The van der Waals surface area contributed by atoms with Crippen LogP contribution in [0.3, 0.4) is 0 Å².